The number of para-hydroxylation sites is 1. The molecule has 0 bridgehead atoms. The molecule has 152 valence electrons. The maximum absolute atomic E-state index is 13.4. The fourth-order valence-corrected chi connectivity index (χ4v) is 4.08. The van der Waals surface area contributed by atoms with Crippen molar-refractivity contribution in [3.63, 3.8) is 0 Å². The van der Waals surface area contributed by atoms with Crippen LogP contribution in [0.25, 0.3) is 16.9 Å². The number of imidazole rings is 1. The summed E-state index contributed by atoms with van der Waals surface area (Å²) in [4.78, 5) is 43.5. The molecule has 2 heterocycles. The summed E-state index contributed by atoms with van der Waals surface area (Å²) in [5, 5.41) is 0. The third-order valence-electron chi connectivity index (χ3n) is 5.55. The first-order valence-corrected chi connectivity index (χ1v) is 10.0. The zero-order valence-electron chi connectivity index (χ0n) is 16.6. The lowest BCUT2D eigenvalue weighted by Crippen LogP contribution is -2.42. The lowest BCUT2D eigenvalue weighted by atomic mass is 10.2. The van der Waals surface area contributed by atoms with E-state index in [-0.39, 0.29) is 23.8 Å². The molecule has 0 spiro atoms. The minimum atomic E-state index is -0.730. The third-order valence-corrected chi connectivity index (χ3v) is 5.55. The average Bonchev–Trinajstić information content (AvgIpc) is 3.39. The molecule has 1 fully saturated rings. The van der Waals surface area contributed by atoms with Crippen LogP contribution < -0.4 is 11.2 Å². The van der Waals surface area contributed by atoms with Crippen LogP contribution in [0.3, 0.4) is 0 Å². The molecular formula is C21H24N4O4. The molecule has 8 heteroatoms. The van der Waals surface area contributed by atoms with Gasteiger partial charge in [0, 0.05) is 6.04 Å². The van der Waals surface area contributed by atoms with E-state index in [0.29, 0.717) is 5.69 Å². The van der Waals surface area contributed by atoms with E-state index >= 15 is 0 Å². The number of carbonyl (C=O) groups is 1. The van der Waals surface area contributed by atoms with Crippen LogP contribution in [0.5, 0.6) is 0 Å². The van der Waals surface area contributed by atoms with Gasteiger partial charge in [0.2, 0.25) is 0 Å². The molecule has 2 aromatic heterocycles. The molecule has 8 nitrogen and oxygen atoms in total. The smallest absolute Gasteiger partial charge is 0.337 e. The maximum atomic E-state index is 13.4. The molecule has 1 saturated carbocycles. The lowest BCUT2D eigenvalue weighted by Gasteiger charge is -2.18. The molecule has 4 rings (SSSR count). The number of hydrogen-bond acceptors (Lipinski definition) is 5. The molecule has 1 unspecified atom stereocenters. The SMILES string of the molecule is CCOC(=O)C(C)n1cnc2c1c(=O)n(C1CCCC1)c(=O)n2-c1ccccc1. The minimum Gasteiger partial charge on any atom is -0.464 e. The second kappa shape index (κ2) is 7.69. The van der Waals surface area contributed by atoms with Gasteiger partial charge in [0.05, 0.1) is 18.6 Å². The number of aromatic nitrogens is 4. The van der Waals surface area contributed by atoms with E-state index in [1.54, 1.807) is 26.0 Å². The van der Waals surface area contributed by atoms with Crippen LogP contribution in [0.2, 0.25) is 0 Å². The summed E-state index contributed by atoms with van der Waals surface area (Å²) in [6, 6.07) is 8.26. The van der Waals surface area contributed by atoms with Crippen molar-refractivity contribution < 1.29 is 9.53 Å². The van der Waals surface area contributed by atoms with Crippen molar-refractivity contribution in [3.05, 3.63) is 57.5 Å². The second-order valence-electron chi connectivity index (χ2n) is 7.32. The number of esters is 1. The Hall–Kier alpha value is -3.16. The Morgan fingerprint density at radius 3 is 2.55 bits per heavy atom. The van der Waals surface area contributed by atoms with Crippen molar-refractivity contribution in [1.29, 1.82) is 0 Å². The number of fused-ring (bicyclic) bond motifs is 1. The van der Waals surface area contributed by atoms with Crippen molar-refractivity contribution in [2.24, 2.45) is 0 Å². The summed E-state index contributed by atoms with van der Waals surface area (Å²) in [6.07, 6.45) is 4.98. The van der Waals surface area contributed by atoms with Crippen LogP contribution in [-0.4, -0.2) is 31.3 Å². The van der Waals surface area contributed by atoms with E-state index in [2.05, 4.69) is 4.98 Å². The van der Waals surface area contributed by atoms with Crippen LogP contribution in [-0.2, 0) is 9.53 Å². The fraction of sp³-hybridized carbons (Fsp3) is 0.429. The van der Waals surface area contributed by atoms with Crippen molar-refractivity contribution in [2.75, 3.05) is 6.61 Å². The van der Waals surface area contributed by atoms with E-state index in [0.717, 1.165) is 25.7 Å². The standard InChI is InChI=1S/C21H24N4O4/c1-3-29-20(27)14(2)23-13-22-18-17(23)19(26)25(16-11-7-8-12-16)21(28)24(18)15-9-5-4-6-10-15/h4-6,9-10,13-14,16H,3,7-8,11-12H2,1-2H3. The largest absolute Gasteiger partial charge is 0.464 e. The number of rotatable bonds is 5. The summed E-state index contributed by atoms with van der Waals surface area (Å²) in [5.74, 6) is -0.448. The van der Waals surface area contributed by atoms with Gasteiger partial charge in [-0.2, -0.15) is 0 Å². The zero-order valence-corrected chi connectivity index (χ0v) is 16.6. The van der Waals surface area contributed by atoms with E-state index in [4.69, 9.17) is 4.74 Å². The Labute approximate surface area is 167 Å². The summed E-state index contributed by atoms with van der Waals surface area (Å²) in [7, 11) is 0. The van der Waals surface area contributed by atoms with Crippen LogP contribution in [0.4, 0.5) is 0 Å². The quantitative estimate of drug-likeness (QED) is 0.619. The van der Waals surface area contributed by atoms with Gasteiger partial charge in [-0.3, -0.25) is 9.36 Å². The second-order valence-corrected chi connectivity index (χ2v) is 7.32. The molecule has 0 saturated heterocycles. The van der Waals surface area contributed by atoms with Crippen molar-refractivity contribution >= 4 is 17.1 Å². The Balaban J connectivity index is 2.03. The highest BCUT2D eigenvalue weighted by molar-refractivity contribution is 5.79. The molecule has 0 aliphatic heterocycles. The molecule has 0 amide bonds. The molecule has 29 heavy (non-hydrogen) atoms. The van der Waals surface area contributed by atoms with E-state index < -0.39 is 23.3 Å². The van der Waals surface area contributed by atoms with E-state index in [1.165, 1.54) is 20.0 Å². The van der Waals surface area contributed by atoms with Gasteiger partial charge in [0.1, 0.15) is 6.04 Å². The molecule has 1 aromatic carbocycles. The van der Waals surface area contributed by atoms with Gasteiger partial charge in [-0.05, 0) is 38.8 Å². The first kappa shape index (κ1) is 19.2. The summed E-state index contributed by atoms with van der Waals surface area (Å²) in [6.45, 7) is 3.64. The Morgan fingerprint density at radius 1 is 1.21 bits per heavy atom. The molecule has 0 N–H and O–H groups in total. The molecule has 1 aliphatic rings. The first-order valence-electron chi connectivity index (χ1n) is 10.0. The third kappa shape index (κ3) is 3.18. The van der Waals surface area contributed by atoms with Gasteiger partial charge in [-0.15, -0.1) is 0 Å². The molecule has 1 aliphatic carbocycles. The van der Waals surface area contributed by atoms with Crippen LogP contribution >= 0.6 is 0 Å². The maximum Gasteiger partial charge on any atom is 0.337 e. The molecular weight excluding hydrogens is 372 g/mol. The van der Waals surface area contributed by atoms with Gasteiger partial charge in [-0.1, -0.05) is 31.0 Å². The first-order chi connectivity index (χ1) is 14.0. The highest BCUT2D eigenvalue weighted by Gasteiger charge is 2.28. The Kier molecular flexibility index (Phi) is 5.08. The van der Waals surface area contributed by atoms with Gasteiger partial charge in [-0.25, -0.2) is 19.1 Å². The van der Waals surface area contributed by atoms with Crippen LogP contribution in [0.15, 0.2) is 46.2 Å². The zero-order chi connectivity index (χ0) is 20.5. The monoisotopic (exact) mass is 396 g/mol. The number of hydrogen-bond donors (Lipinski definition) is 0. The van der Waals surface area contributed by atoms with E-state index in [1.807, 2.05) is 18.2 Å². The fourth-order valence-electron chi connectivity index (χ4n) is 4.08. The molecule has 1 atom stereocenters. The van der Waals surface area contributed by atoms with Gasteiger partial charge >= 0.3 is 11.7 Å². The lowest BCUT2D eigenvalue weighted by molar-refractivity contribution is -0.146. The number of ether oxygens (including phenoxy) is 1. The van der Waals surface area contributed by atoms with Gasteiger partial charge in [0.25, 0.3) is 5.56 Å². The van der Waals surface area contributed by atoms with Crippen LogP contribution in [0.1, 0.15) is 51.6 Å². The van der Waals surface area contributed by atoms with Crippen molar-refractivity contribution in [1.82, 2.24) is 18.7 Å². The van der Waals surface area contributed by atoms with Gasteiger partial charge in [0.15, 0.2) is 11.2 Å². The Morgan fingerprint density at radius 2 is 1.90 bits per heavy atom. The number of benzene rings is 1. The highest BCUT2D eigenvalue weighted by atomic mass is 16.5. The normalized spacial score (nSPS) is 15.7. The molecule has 3 aromatic rings. The highest BCUT2D eigenvalue weighted by Crippen LogP contribution is 2.28. The van der Waals surface area contributed by atoms with Crippen molar-refractivity contribution in [3.8, 4) is 5.69 Å². The topological polar surface area (TPSA) is 88.1 Å². The Bertz CT molecular complexity index is 1150. The van der Waals surface area contributed by atoms with Crippen molar-refractivity contribution in [2.45, 2.75) is 51.6 Å². The average molecular weight is 396 g/mol. The predicted octanol–water partition coefficient (Wildman–Crippen LogP) is 2.59. The summed E-state index contributed by atoms with van der Waals surface area (Å²) in [5.41, 5.74) is 0.313. The van der Waals surface area contributed by atoms with Crippen LogP contribution in [0, 0.1) is 0 Å². The number of carbonyl (C=O) groups excluding carboxylic acids is 1. The summed E-state index contributed by atoms with van der Waals surface area (Å²) >= 11 is 0. The summed E-state index contributed by atoms with van der Waals surface area (Å²) < 4.78 is 9.44. The van der Waals surface area contributed by atoms with E-state index in [9.17, 15) is 14.4 Å². The van der Waals surface area contributed by atoms with Gasteiger partial charge < -0.3 is 9.30 Å². The predicted molar refractivity (Wildman–Crippen MR) is 108 cm³/mol. The number of nitrogens with zero attached hydrogens (tertiary/aromatic N) is 4. The minimum absolute atomic E-state index is 0.143. The molecule has 0 radical (unpaired) electrons.